The summed E-state index contributed by atoms with van der Waals surface area (Å²) in [5, 5.41) is 14.8. The van der Waals surface area contributed by atoms with Gasteiger partial charge in [-0.25, -0.2) is 14.3 Å². The van der Waals surface area contributed by atoms with E-state index in [0.717, 1.165) is 11.3 Å². The number of nitrogens with zero attached hydrogens (tertiary/aromatic N) is 4. The van der Waals surface area contributed by atoms with E-state index in [0.29, 0.717) is 22.0 Å². The zero-order valence-corrected chi connectivity index (χ0v) is 14.5. The lowest BCUT2D eigenvalue weighted by molar-refractivity contribution is 0.0699. The topological polar surface area (TPSA) is 80.4 Å². The zero-order chi connectivity index (χ0) is 18.3. The van der Waals surface area contributed by atoms with Crippen LogP contribution in [0.1, 0.15) is 16.1 Å². The van der Waals surface area contributed by atoms with Crippen molar-refractivity contribution in [1.82, 2.24) is 19.6 Å². The van der Waals surface area contributed by atoms with Crippen LogP contribution in [-0.4, -0.2) is 30.7 Å². The molecule has 1 aromatic carbocycles. The van der Waals surface area contributed by atoms with Crippen LogP contribution in [0, 0.1) is 6.92 Å². The summed E-state index contributed by atoms with van der Waals surface area (Å²) in [4.78, 5) is 20.6. The Morgan fingerprint density at radius 1 is 1.15 bits per heavy atom. The lowest BCUT2D eigenvalue weighted by Crippen LogP contribution is -2.06. The van der Waals surface area contributed by atoms with Crippen LogP contribution in [0.15, 0.2) is 54.9 Å². The van der Waals surface area contributed by atoms with E-state index in [4.69, 9.17) is 11.6 Å². The molecule has 0 spiro atoms. The van der Waals surface area contributed by atoms with Crippen molar-refractivity contribution in [2.45, 2.75) is 6.92 Å². The van der Waals surface area contributed by atoms with E-state index in [-0.39, 0.29) is 11.2 Å². The normalized spacial score (nSPS) is 11.0. The maximum atomic E-state index is 12.0. The SMILES string of the molecule is Cc1cc(-c2cccnc2)c(C(=O)O)c2nc(-c3cccc(Cl)c3)nn12. The molecule has 4 aromatic rings. The molecule has 0 bridgehead atoms. The van der Waals surface area contributed by atoms with Gasteiger partial charge in [-0.2, -0.15) is 0 Å². The van der Waals surface area contributed by atoms with Crippen molar-refractivity contribution in [3.8, 4) is 22.5 Å². The monoisotopic (exact) mass is 364 g/mol. The number of hydrogen-bond acceptors (Lipinski definition) is 4. The highest BCUT2D eigenvalue weighted by Gasteiger charge is 2.21. The Morgan fingerprint density at radius 3 is 2.65 bits per heavy atom. The number of hydrogen-bond donors (Lipinski definition) is 1. The van der Waals surface area contributed by atoms with Crippen LogP contribution >= 0.6 is 11.6 Å². The number of benzene rings is 1. The number of aryl methyl sites for hydroxylation is 1. The van der Waals surface area contributed by atoms with Gasteiger partial charge < -0.3 is 5.11 Å². The quantitative estimate of drug-likeness (QED) is 0.591. The van der Waals surface area contributed by atoms with Gasteiger partial charge in [-0.1, -0.05) is 29.8 Å². The molecule has 0 aliphatic carbocycles. The number of carbonyl (C=O) groups is 1. The summed E-state index contributed by atoms with van der Waals surface area (Å²) >= 11 is 6.05. The highest BCUT2D eigenvalue weighted by molar-refractivity contribution is 6.30. The first-order valence-corrected chi connectivity index (χ1v) is 8.22. The summed E-state index contributed by atoms with van der Waals surface area (Å²) in [5.41, 5.74) is 3.13. The van der Waals surface area contributed by atoms with Crippen LogP contribution in [0.2, 0.25) is 5.02 Å². The highest BCUT2D eigenvalue weighted by Crippen LogP contribution is 2.29. The van der Waals surface area contributed by atoms with Crippen molar-refractivity contribution >= 4 is 23.2 Å². The van der Waals surface area contributed by atoms with Crippen LogP contribution in [0.5, 0.6) is 0 Å². The molecule has 0 saturated heterocycles. The second-order valence-corrected chi connectivity index (χ2v) is 6.24. The number of aromatic carboxylic acids is 1. The van der Waals surface area contributed by atoms with Gasteiger partial charge in [0.1, 0.15) is 5.56 Å². The fraction of sp³-hybridized carbons (Fsp3) is 0.0526. The van der Waals surface area contributed by atoms with Crippen molar-refractivity contribution in [3.63, 3.8) is 0 Å². The number of fused-ring (bicyclic) bond motifs is 1. The first-order valence-electron chi connectivity index (χ1n) is 7.84. The number of rotatable bonds is 3. The van der Waals surface area contributed by atoms with Gasteiger partial charge in [-0.05, 0) is 31.2 Å². The summed E-state index contributed by atoms with van der Waals surface area (Å²) in [7, 11) is 0. The van der Waals surface area contributed by atoms with Gasteiger partial charge in [0, 0.05) is 39.8 Å². The Labute approximate surface area is 153 Å². The van der Waals surface area contributed by atoms with E-state index in [9.17, 15) is 9.90 Å². The first kappa shape index (κ1) is 16.2. The van der Waals surface area contributed by atoms with Crippen LogP contribution in [-0.2, 0) is 0 Å². The van der Waals surface area contributed by atoms with Crippen molar-refractivity contribution in [2.75, 3.05) is 0 Å². The molecule has 4 rings (SSSR count). The molecule has 0 fully saturated rings. The number of halogens is 1. The van der Waals surface area contributed by atoms with Gasteiger partial charge >= 0.3 is 5.97 Å². The third-order valence-electron chi connectivity index (χ3n) is 4.06. The molecule has 1 N–H and O–H groups in total. The van der Waals surface area contributed by atoms with Crippen molar-refractivity contribution in [1.29, 1.82) is 0 Å². The van der Waals surface area contributed by atoms with Crippen LogP contribution in [0.3, 0.4) is 0 Å². The van der Waals surface area contributed by atoms with Gasteiger partial charge in [0.2, 0.25) is 0 Å². The Kier molecular flexibility index (Phi) is 3.89. The summed E-state index contributed by atoms with van der Waals surface area (Å²) in [6, 6.07) is 12.5. The highest BCUT2D eigenvalue weighted by atomic mass is 35.5. The molecular formula is C19H13ClN4O2. The summed E-state index contributed by atoms with van der Waals surface area (Å²) in [6.45, 7) is 1.86. The predicted octanol–water partition coefficient (Wildman–Crippen LogP) is 4.12. The first-order chi connectivity index (χ1) is 12.5. The molecule has 3 heterocycles. The smallest absolute Gasteiger partial charge is 0.340 e. The summed E-state index contributed by atoms with van der Waals surface area (Å²) < 4.78 is 1.54. The van der Waals surface area contributed by atoms with E-state index in [1.165, 1.54) is 0 Å². The maximum Gasteiger partial charge on any atom is 0.340 e. The van der Waals surface area contributed by atoms with Gasteiger partial charge in [-0.3, -0.25) is 4.98 Å². The Balaban J connectivity index is 2.02. The van der Waals surface area contributed by atoms with Crippen LogP contribution in [0.25, 0.3) is 28.2 Å². The van der Waals surface area contributed by atoms with E-state index in [1.54, 1.807) is 47.2 Å². The lowest BCUT2D eigenvalue weighted by atomic mass is 10.0. The molecular weight excluding hydrogens is 352 g/mol. The summed E-state index contributed by atoms with van der Waals surface area (Å²) in [6.07, 6.45) is 3.27. The standard InChI is InChI=1S/C19H13ClN4O2/c1-11-8-15(13-5-3-7-21-10-13)16(19(25)26)18-22-17(23-24(11)18)12-4-2-6-14(20)9-12/h2-10H,1H3,(H,25,26). The van der Waals surface area contributed by atoms with E-state index in [2.05, 4.69) is 15.1 Å². The fourth-order valence-electron chi connectivity index (χ4n) is 2.89. The van der Waals surface area contributed by atoms with E-state index >= 15 is 0 Å². The Hall–Kier alpha value is -3.25. The largest absolute Gasteiger partial charge is 0.478 e. The Bertz CT molecular complexity index is 1140. The van der Waals surface area contributed by atoms with Crippen molar-refractivity contribution in [2.24, 2.45) is 0 Å². The van der Waals surface area contributed by atoms with E-state index < -0.39 is 5.97 Å². The molecule has 0 amide bonds. The molecule has 7 heteroatoms. The Morgan fingerprint density at radius 2 is 1.96 bits per heavy atom. The lowest BCUT2D eigenvalue weighted by Gasteiger charge is -2.09. The predicted molar refractivity (Wildman–Crippen MR) is 98.4 cm³/mol. The molecule has 0 aliphatic rings. The average molecular weight is 365 g/mol. The van der Waals surface area contributed by atoms with Gasteiger partial charge in [0.15, 0.2) is 11.5 Å². The summed E-state index contributed by atoms with van der Waals surface area (Å²) in [5.74, 6) is -0.652. The minimum atomic E-state index is -1.07. The van der Waals surface area contributed by atoms with E-state index in [1.807, 2.05) is 19.1 Å². The number of pyridine rings is 2. The maximum absolute atomic E-state index is 12.0. The third-order valence-corrected chi connectivity index (χ3v) is 4.29. The number of aromatic nitrogens is 4. The third kappa shape index (κ3) is 2.70. The van der Waals surface area contributed by atoms with Crippen molar-refractivity contribution in [3.05, 3.63) is 71.1 Å². The van der Waals surface area contributed by atoms with Gasteiger partial charge in [0.25, 0.3) is 0 Å². The van der Waals surface area contributed by atoms with Crippen LogP contribution < -0.4 is 0 Å². The molecule has 26 heavy (non-hydrogen) atoms. The fourth-order valence-corrected chi connectivity index (χ4v) is 3.08. The average Bonchev–Trinajstić information content (AvgIpc) is 3.08. The molecule has 0 saturated carbocycles. The zero-order valence-electron chi connectivity index (χ0n) is 13.7. The number of carboxylic acids is 1. The van der Waals surface area contributed by atoms with Crippen LogP contribution in [0.4, 0.5) is 0 Å². The molecule has 6 nitrogen and oxygen atoms in total. The van der Waals surface area contributed by atoms with Crippen molar-refractivity contribution < 1.29 is 9.90 Å². The minimum absolute atomic E-state index is 0.0874. The molecule has 0 unspecified atom stereocenters. The molecule has 0 atom stereocenters. The second-order valence-electron chi connectivity index (χ2n) is 5.80. The van der Waals surface area contributed by atoms with Gasteiger partial charge in [-0.15, -0.1) is 5.10 Å². The molecule has 3 aromatic heterocycles. The van der Waals surface area contributed by atoms with Gasteiger partial charge in [0.05, 0.1) is 0 Å². The molecule has 0 radical (unpaired) electrons. The second kappa shape index (κ2) is 6.24. The number of carboxylic acid groups (broad SMARTS) is 1. The minimum Gasteiger partial charge on any atom is -0.478 e. The molecule has 0 aliphatic heterocycles. The molecule has 128 valence electrons.